The Morgan fingerprint density at radius 2 is 1.38 bits per heavy atom. The number of hydrogen-bond acceptors (Lipinski definition) is 9. The number of benzene rings is 3. The van der Waals surface area contributed by atoms with Gasteiger partial charge in [-0.3, -0.25) is 4.79 Å². The molecule has 9 heteroatoms. The summed E-state index contributed by atoms with van der Waals surface area (Å²) in [5.74, 6) is 0.0696. The van der Waals surface area contributed by atoms with Gasteiger partial charge in [0.15, 0.2) is 0 Å². The van der Waals surface area contributed by atoms with Crippen molar-refractivity contribution in [2.24, 2.45) is 0 Å². The third-order valence-corrected chi connectivity index (χ3v) is 5.55. The molecule has 0 spiro atoms. The summed E-state index contributed by atoms with van der Waals surface area (Å²) in [6, 6.07) is 18.0. The van der Waals surface area contributed by atoms with Crippen LogP contribution in [0.1, 0.15) is 54.9 Å². The summed E-state index contributed by atoms with van der Waals surface area (Å²) in [5, 5.41) is 0. The summed E-state index contributed by atoms with van der Waals surface area (Å²) >= 11 is 0. The van der Waals surface area contributed by atoms with E-state index in [0.29, 0.717) is 53.6 Å². The molecule has 210 valence electrons. The van der Waals surface area contributed by atoms with Crippen molar-refractivity contribution in [3.8, 4) is 17.2 Å². The number of esters is 3. The van der Waals surface area contributed by atoms with Crippen molar-refractivity contribution in [1.29, 1.82) is 0 Å². The van der Waals surface area contributed by atoms with Gasteiger partial charge in [0, 0.05) is 30.3 Å². The summed E-state index contributed by atoms with van der Waals surface area (Å²) in [6.45, 7) is 2.61. The van der Waals surface area contributed by atoms with Crippen molar-refractivity contribution < 1.29 is 33.3 Å². The van der Waals surface area contributed by atoms with Gasteiger partial charge in [-0.1, -0.05) is 31.9 Å². The van der Waals surface area contributed by atoms with Crippen LogP contribution in [0.25, 0.3) is 6.08 Å². The van der Waals surface area contributed by atoms with Crippen LogP contribution in [0.4, 0.5) is 11.4 Å². The van der Waals surface area contributed by atoms with Crippen LogP contribution in [-0.2, 0) is 14.3 Å². The first-order valence-corrected chi connectivity index (χ1v) is 13.1. The third kappa shape index (κ3) is 10.5. The molecule has 0 aromatic heterocycles. The molecule has 0 aliphatic carbocycles. The minimum absolute atomic E-state index is 0.184. The quantitative estimate of drug-likeness (QED) is 0.0871. The number of carbonyl (C=O) groups excluding carboxylic acids is 3. The molecular weight excluding hydrogens is 512 g/mol. The fourth-order valence-electron chi connectivity index (χ4n) is 3.56. The van der Waals surface area contributed by atoms with Gasteiger partial charge in [-0.25, -0.2) is 9.59 Å². The van der Waals surface area contributed by atoms with Crippen molar-refractivity contribution in [1.82, 2.24) is 0 Å². The number of ether oxygens (including phenoxy) is 4. The molecule has 0 saturated carbocycles. The zero-order valence-electron chi connectivity index (χ0n) is 22.5. The molecule has 0 saturated heterocycles. The van der Waals surface area contributed by atoms with E-state index in [1.54, 1.807) is 60.7 Å². The first kappa shape index (κ1) is 29.8. The van der Waals surface area contributed by atoms with Crippen molar-refractivity contribution >= 4 is 35.4 Å². The molecule has 0 heterocycles. The predicted octanol–water partition coefficient (Wildman–Crippen LogP) is 5.58. The van der Waals surface area contributed by atoms with E-state index in [2.05, 4.69) is 6.92 Å². The molecule has 0 fully saturated rings. The zero-order valence-corrected chi connectivity index (χ0v) is 22.5. The average Bonchev–Trinajstić information content (AvgIpc) is 2.93. The lowest BCUT2D eigenvalue weighted by Crippen LogP contribution is -2.10. The molecular formula is C31H34N2O7. The SMILES string of the molecule is CCCCCC(=O)Oc1ccc(OC(=O)C=Cc2ccc(OCCCOC(=O)c3cc(N)cc(N)c3)cc2)cc1. The maximum Gasteiger partial charge on any atom is 0.338 e. The monoisotopic (exact) mass is 546 g/mol. The Morgan fingerprint density at radius 3 is 2.02 bits per heavy atom. The molecule has 40 heavy (non-hydrogen) atoms. The molecule has 3 aromatic carbocycles. The number of hydrogen-bond donors (Lipinski definition) is 2. The van der Waals surface area contributed by atoms with E-state index < -0.39 is 11.9 Å². The molecule has 0 atom stereocenters. The van der Waals surface area contributed by atoms with Crippen LogP contribution < -0.4 is 25.7 Å². The van der Waals surface area contributed by atoms with Crippen LogP contribution in [-0.4, -0.2) is 31.1 Å². The Labute approximate surface area is 233 Å². The van der Waals surface area contributed by atoms with Gasteiger partial charge in [0.2, 0.25) is 0 Å². The molecule has 0 aliphatic heterocycles. The summed E-state index contributed by atoms with van der Waals surface area (Å²) in [7, 11) is 0. The van der Waals surface area contributed by atoms with Crippen molar-refractivity contribution in [3.63, 3.8) is 0 Å². The minimum atomic E-state index is -0.542. The largest absolute Gasteiger partial charge is 0.493 e. The van der Waals surface area contributed by atoms with E-state index in [1.807, 2.05) is 0 Å². The second kappa shape index (κ2) is 15.6. The Balaban J connectivity index is 1.35. The van der Waals surface area contributed by atoms with Crippen LogP contribution in [0.3, 0.4) is 0 Å². The molecule has 0 bridgehead atoms. The van der Waals surface area contributed by atoms with Gasteiger partial charge in [-0.15, -0.1) is 0 Å². The van der Waals surface area contributed by atoms with Gasteiger partial charge < -0.3 is 30.4 Å². The van der Waals surface area contributed by atoms with E-state index in [0.717, 1.165) is 24.8 Å². The molecule has 4 N–H and O–H groups in total. The van der Waals surface area contributed by atoms with Crippen molar-refractivity contribution in [2.75, 3.05) is 24.7 Å². The fourth-order valence-corrected chi connectivity index (χ4v) is 3.56. The summed E-state index contributed by atoms with van der Waals surface area (Å²) < 4.78 is 21.5. The zero-order chi connectivity index (χ0) is 28.7. The Kier molecular flexibility index (Phi) is 11.6. The topological polar surface area (TPSA) is 140 Å². The number of carbonyl (C=O) groups is 3. The lowest BCUT2D eigenvalue weighted by Gasteiger charge is -2.08. The lowest BCUT2D eigenvalue weighted by molar-refractivity contribution is -0.134. The van der Waals surface area contributed by atoms with E-state index in [-0.39, 0.29) is 12.6 Å². The molecule has 9 nitrogen and oxygen atoms in total. The molecule has 0 radical (unpaired) electrons. The van der Waals surface area contributed by atoms with E-state index in [1.165, 1.54) is 18.2 Å². The standard InChI is InChI=1S/C31H34N2O7/c1-2-3-4-6-29(34)39-27-12-14-28(15-13-27)40-30(35)16-9-22-7-10-26(11-8-22)37-17-5-18-38-31(36)23-19-24(32)21-25(33)20-23/h7-16,19-21H,2-6,17-18,32-33H2,1H3. The first-order chi connectivity index (χ1) is 19.3. The van der Waals surface area contributed by atoms with Crippen LogP contribution in [0.5, 0.6) is 17.2 Å². The van der Waals surface area contributed by atoms with Crippen LogP contribution in [0.15, 0.2) is 72.8 Å². The second-order valence-corrected chi connectivity index (χ2v) is 8.95. The van der Waals surface area contributed by atoms with Crippen molar-refractivity contribution in [2.45, 2.75) is 39.0 Å². The number of rotatable bonds is 14. The summed E-state index contributed by atoms with van der Waals surface area (Å²) in [4.78, 5) is 36.1. The molecule has 3 rings (SSSR count). The van der Waals surface area contributed by atoms with E-state index in [9.17, 15) is 14.4 Å². The highest BCUT2D eigenvalue weighted by Gasteiger charge is 2.09. The maximum absolute atomic E-state index is 12.2. The molecule has 0 aliphatic rings. The van der Waals surface area contributed by atoms with Gasteiger partial charge in [0.05, 0.1) is 18.8 Å². The smallest absolute Gasteiger partial charge is 0.338 e. The molecule has 0 unspecified atom stereocenters. The summed E-state index contributed by atoms with van der Waals surface area (Å²) in [6.07, 6.45) is 6.64. The van der Waals surface area contributed by atoms with Crippen LogP contribution >= 0.6 is 0 Å². The Hall–Kier alpha value is -4.79. The third-order valence-electron chi connectivity index (χ3n) is 5.55. The van der Waals surface area contributed by atoms with Gasteiger partial charge in [-0.05, 0) is 72.7 Å². The number of nitrogen functional groups attached to an aromatic ring is 2. The molecule has 3 aromatic rings. The van der Waals surface area contributed by atoms with Gasteiger partial charge >= 0.3 is 17.9 Å². The normalized spacial score (nSPS) is 10.7. The van der Waals surface area contributed by atoms with Crippen LogP contribution in [0.2, 0.25) is 0 Å². The highest BCUT2D eigenvalue weighted by atomic mass is 16.5. The number of anilines is 2. The Morgan fingerprint density at radius 1 is 0.750 bits per heavy atom. The van der Waals surface area contributed by atoms with Crippen molar-refractivity contribution in [3.05, 3.63) is 83.9 Å². The van der Waals surface area contributed by atoms with Gasteiger partial charge in [0.25, 0.3) is 0 Å². The number of unbranched alkanes of at least 4 members (excludes halogenated alkanes) is 2. The molecule has 0 amide bonds. The lowest BCUT2D eigenvalue weighted by atomic mass is 10.2. The summed E-state index contributed by atoms with van der Waals surface area (Å²) in [5.41, 5.74) is 13.3. The van der Waals surface area contributed by atoms with Crippen LogP contribution in [0, 0.1) is 0 Å². The van der Waals surface area contributed by atoms with E-state index >= 15 is 0 Å². The maximum atomic E-state index is 12.2. The Bertz CT molecular complexity index is 1280. The fraction of sp³-hybridized carbons (Fsp3) is 0.258. The van der Waals surface area contributed by atoms with Gasteiger partial charge in [0.1, 0.15) is 17.2 Å². The second-order valence-electron chi connectivity index (χ2n) is 8.95. The number of nitrogens with two attached hydrogens (primary N) is 2. The predicted molar refractivity (Wildman–Crippen MR) is 153 cm³/mol. The minimum Gasteiger partial charge on any atom is -0.493 e. The average molecular weight is 547 g/mol. The van der Waals surface area contributed by atoms with E-state index in [4.69, 9.17) is 30.4 Å². The highest BCUT2D eigenvalue weighted by Crippen LogP contribution is 2.19. The highest BCUT2D eigenvalue weighted by molar-refractivity contribution is 5.91. The van der Waals surface area contributed by atoms with Gasteiger partial charge in [-0.2, -0.15) is 0 Å². The first-order valence-electron chi connectivity index (χ1n) is 13.1.